The van der Waals surface area contributed by atoms with Crippen molar-refractivity contribution >= 4 is 5.91 Å². The van der Waals surface area contributed by atoms with Gasteiger partial charge in [0.1, 0.15) is 5.82 Å². The standard InChI is InChI=1S/C17H21N3O/c1-13-18-8-10-20(13)9-7-17(21)19(2)16-11-14-5-3-4-6-15(14)12-16/h3-6,8,10,16H,7,9,11-12H2,1-2H3. The molecule has 0 spiro atoms. The van der Waals surface area contributed by atoms with Crippen molar-refractivity contribution in [1.82, 2.24) is 14.5 Å². The van der Waals surface area contributed by atoms with Gasteiger partial charge in [0.15, 0.2) is 0 Å². The molecule has 1 amide bonds. The number of benzene rings is 1. The van der Waals surface area contributed by atoms with Crippen LogP contribution < -0.4 is 0 Å². The molecule has 1 aliphatic carbocycles. The molecule has 0 unspecified atom stereocenters. The van der Waals surface area contributed by atoms with E-state index >= 15 is 0 Å². The predicted octanol–water partition coefficient (Wildman–Crippen LogP) is 2.21. The number of nitrogens with zero attached hydrogens (tertiary/aromatic N) is 3. The minimum absolute atomic E-state index is 0.209. The van der Waals surface area contributed by atoms with Crippen molar-refractivity contribution in [3.05, 3.63) is 53.6 Å². The Balaban J connectivity index is 1.58. The van der Waals surface area contributed by atoms with Gasteiger partial charge < -0.3 is 9.47 Å². The summed E-state index contributed by atoms with van der Waals surface area (Å²) in [6.07, 6.45) is 6.18. The number of likely N-dealkylation sites (N-methyl/N-ethyl adjacent to an activating group) is 1. The third kappa shape index (κ3) is 2.84. The molecule has 1 heterocycles. The van der Waals surface area contributed by atoms with Crippen LogP contribution in [0.3, 0.4) is 0 Å². The van der Waals surface area contributed by atoms with E-state index in [0.717, 1.165) is 18.7 Å². The van der Waals surface area contributed by atoms with E-state index in [0.29, 0.717) is 19.0 Å². The molecule has 2 aromatic rings. The fraction of sp³-hybridized carbons (Fsp3) is 0.412. The summed E-state index contributed by atoms with van der Waals surface area (Å²) < 4.78 is 2.02. The highest BCUT2D eigenvalue weighted by Gasteiger charge is 2.26. The molecule has 4 nitrogen and oxygen atoms in total. The molecule has 0 saturated heterocycles. The number of carbonyl (C=O) groups is 1. The highest BCUT2D eigenvalue weighted by Crippen LogP contribution is 2.25. The molecular weight excluding hydrogens is 262 g/mol. The van der Waals surface area contributed by atoms with Crippen LogP contribution in [0.5, 0.6) is 0 Å². The number of aryl methyl sites for hydroxylation is 2. The molecule has 0 fully saturated rings. The zero-order valence-electron chi connectivity index (χ0n) is 12.6. The molecule has 3 rings (SSSR count). The van der Waals surface area contributed by atoms with Gasteiger partial charge in [0.25, 0.3) is 0 Å². The van der Waals surface area contributed by atoms with Gasteiger partial charge in [-0.1, -0.05) is 24.3 Å². The maximum atomic E-state index is 12.4. The van der Waals surface area contributed by atoms with Crippen molar-refractivity contribution in [2.24, 2.45) is 0 Å². The number of carbonyl (C=O) groups excluding carboxylic acids is 1. The van der Waals surface area contributed by atoms with E-state index in [-0.39, 0.29) is 5.91 Å². The van der Waals surface area contributed by atoms with Gasteiger partial charge in [-0.05, 0) is 30.9 Å². The summed E-state index contributed by atoms with van der Waals surface area (Å²) in [6, 6.07) is 8.79. The predicted molar refractivity (Wildman–Crippen MR) is 82.0 cm³/mol. The van der Waals surface area contributed by atoms with Crippen LogP contribution in [0.25, 0.3) is 0 Å². The second kappa shape index (κ2) is 5.72. The Bertz CT molecular complexity index is 622. The first-order valence-electron chi connectivity index (χ1n) is 7.45. The van der Waals surface area contributed by atoms with Gasteiger partial charge in [-0.3, -0.25) is 4.79 Å². The topological polar surface area (TPSA) is 38.1 Å². The van der Waals surface area contributed by atoms with Gasteiger partial charge in [-0.15, -0.1) is 0 Å². The Morgan fingerprint density at radius 3 is 2.57 bits per heavy atom. The summed E-state index contributed by atoms with van der Waals surface area (Å²) in [6.45, 7) is 2.66. The maximum Gasteiger partial charge on any atom is 0.224 e. The lowest BCUT2D eigenvalue weighted by Crippen LogP contribution is -2.38. The smallest absolute Gasteiger partial charge is 0.224 e. The van der Waals surface area contributed by atoms with E-state index < -0.39 is 0 Å². The van der Waals surface area contributed by atoms with Crippen LogP contribution in [0.4, 0.5) is 0 Å². The Morgan fingerprint density at radius 2 is 2.00 bits per heavy atom. The van der Waals surface area contributed by atoms with Crippen molar-refractivity contribution < 1.29 is 4.79 Å². The molecular formula is C17H21N3O. The lowest BCUT2D eigenvalue weighted by atomic mass is 10.1. The number of rotatable bonds is 4. The minimum Gasteiger partial charge on any atom is -0.342 e. The van der Waals surface area contributed by atoms with E-state index in [9.17, 15) is 4.79 Å². The van der Waals surface area contributed by atoms with Crippen LogP contribution in [0.2, 0.25) is 0 Å². The van der Waals surface area contributed by atoms with Gasteiger partial charge in [0.2, 0.25) is 5.91 Å². The van der Waals surface area contributed by atoms with Crippen LogP contribution in [0.1, 0.15) is 23.4 Å². The largest absolute Gasteiger partial charge is 0.342 e. The zero-order chi connectivity index (χ0) is 14.8. The summed E-state index contributed by atoms with van der Waals surface area (Å²) in [5.41, 5.74) is 2.76. The fourth-order valence-corrected chi connectivity index (χ4v) is 3.05. The van der Waals surface area contributed by atoms with Crippen LogP contribution in [-0.4, -0.2) is 33.4 Å². The van der Waals surface area contributed by atoms with Crippen molar-refractivity contribution in [2.75, 3.05) is 7.05 Å². The van der Waals surface area contributed by atoms with E-state index in [1.54, 1.807) is 6.20 Å². The van der Waals surface area contributed by atoms with Crippen molar-refractivity contribution in [2.45, 2.75) is 38.8 Å². The van der Waals surface area contributed by atoms with Crippen molar-refractivity contribution in [3.63, 3.8) is 0 Å². The van der Waals surface area contributed by atoms with E-state index in [2.05, 4.69) is 29.2 Å². The summed E-state index contributed by atoms with van der Waals surface area (Å²) in [5, 5.41) is 0. The minimum atomic E-state index is 0.209. The lowest BCUT2D eigenvalue weighted by Gasteiger charge is -2.24. The Labute approximate surface area is 125 Å². The zero-order valence-corrected chi connectivity index (χ0v) is 12.6. The number of aromatic nitrogens is 2. The maximum absolute atomic E-state index is 12.4. The molecule has 0 saturated carbocycles. The van der Waals surface area contributed by atoms with Gasteiger partial charge in [0, 0.05) is 38.4 Å². The second-order valence-electron chi connectivity index (χ2n) is 5.75. The molecule has 110 valence electrons. The SMILES string of the molecule is Cc1nccn1CCC(=O)N(C)C1Cc2ccccc2C1. The normalized spacial score (nSPS) is 14.2. The van der Waals surface area contributed by atoms with Crippen molar-refractivity contribution in [1.29, 1.82) is 0 Å². The van der Waals surface area contributed by atoms with Gasteiger partial charge in [0.05, 0.1) is 0 Å². The third-order valence-corrected chi connectivity index (χ3v) is 4.46. The molecule has 1 aliphatic rings. The monoisotopic (exact) mass is 283 g/mol. The van der Waals surface area contributed by atoms with E-state index in [1.807, 2.05) is 29.6 Å². The third-order valence-electron chi connectivity index (χ3n) is 4.46. The first-order chi connectivity index (χ1) is 10.1. The molecule has 0 N–H and O–H groups in total. The van der Waals surface area contributed by atoms with Crippen LogP contribution in [0, 0.1) is 6.92 Å². The van der Waals surface area contributed by atoms with E-state index in [4.69, 9.17) is 0 Å². The van der Waals surface area contributed by atoms with Gasteiger partial charge in [-0.25, -0.2) is 4.98 Å². The quantitative estimate of drug-likeness (QED) is 0.863. The second-order valence-corrected chi connectivity index (χ2v) is 5.75. The number of amides is 1. The van der Waals surface area contributed by atoms with Gasteiger partial charge >= 0.3 is 0 Å². The van der Waals surface area contributed by atoms with E-state index in [1.165, 1.54) is 11.1 Å². The average Bonchev–Trinajstić information content (AvgIpc) is 3.09. The molecule has 0 radical (unpaired) electrons. The summed E-state index contributed by atoms with van der Waals surface area (Å²) in [5.74, 6) is 1.17. The highest BCUT2D eigenvalue weighted by molar-refractivity contribution is 5.76. The summed E-state index contributed by atoms with van der Waals surface area (Å²) in [7, 11) is 1.93. The molecule has 4 heteroatoms. The Morgan fingerprint density at radius 1 is 1.33 bits per heavy atom. The van der Waals surface area contributed by atoms with Crippen LogP contribution in [0.15, 0.2) is 36.7 Å². The molecule has 0 atom stereocenters. The first kappa shape index (κ1) is 13.9. The van der Waals surface area contributed by atoms with Crippen LogP contribution in [-0.2, 0) is 24.2 Å². The highest BCUT2D eigenvalue weighted by atomic mass is 16.2. The molecule has 0 aliphatic heterocycles. The number of hydrogen-bond donors (Lipinski definition) is 0. The number of hydrogen-bond acceptors (Lipinski definition) is 2. The molecule has 0 bridgehead atoms. The Hall–Kier alpha value is -2.10. The molecule has 21 heavy (non-hydrogen) atoms. The Kier molecular flexibility index (Phi) is 3.78. The molecule has 1 aromatic carbocycles. The summed E-state index contributed by atoms with van der Waals surface area (Å²) >= 11 is 0. The average molecular weight is 283 g/mol. The number of fused-ring (bicyclic) bond motifs is 1. The fourth-order valence-electron chi connectivity index (χ4n) is 3.05. The number of imidazole rings is 1. The first-order valence-corrected chi connectivity index (χ1v) is 7.45. The van der Waals surface area contributed by atoms with Crippen LogP contribution >= 0.6 is 0 Å². The molecule has 1 aromatic heterocycles. The van der Waals surface area contributed by atoms with Crippen molar-refractivity contribution in [3.8, 4) is 0 Å². The summed E-state index contributed by atoms with van der Waals surface area (Å²) in [4.78, 5) is 18.5. The van der Waals surface area contributed by atoms with Gasteiger partial charge in [-0.2, -0.15) is 0 Å². The lowest BCUT2D eigenvalue weighted by molar-refractivity contribution is -0.132.